The highest BCUT2D eigenvalue weighted by Crippen LogP contribution is 2.40. The molecule has 2 N–H and O–H groups in total. The van der Waals surface area contributed by atoms with E-state index in [9.17, 15) is 4.79 Å². The minimum Gasteiger partial charge on any atom is -0.397 e. The van der Waals surface area contributed by atoms with Crippen LogP contribution in [0, 0.1) is 0 Å². The zero-order valence-electron chi connectivity index (χ0n) is 12.5. The standard InChI is InChI=1S/C17H19N3OS/c1-3-11-10-12(20-8-6-5-7-9-20)14-15(18)16(13(21)4-2)22-17(14)19-11/h3-4,10H,1-2,5-9,18H2. The number of nitrogens with zero attached hydrogens (tertiary/aromatic N) is 2. The van der Waals surface area contributed by atoms with Gasteiger partial charge >= 0.3 is 0 Å². The zero-order valence-corrected chi connectivity index (χ0v) is 13.3. The van der Waals surface area contributed by atoms with Crippen LogP contribution in [0.25, 0.3) is 16.3 Å². The maximum Gasteiger partial charge on any atom is 0.197 e. The zero-order chi connectivity index (χ0) is 15.7. The number of fused-ring (bicyclic) bond motifs is 1. The van der Waals surface area contributed by atoms with E-state index in [1.165, 1.54) is 36.7 Å². The molecule has 0 atom stereocenters. The van der Waals surface area contributed by atoms with Crippen LogP contribution in [0.4, 0.5) is 11.4 Å². The van der Waals surface area contributed by atoms with Crippen LogP contribution < -0.4 is 10.6 Å². The number of anilines is 2. The number of nitrogen functional groups attached to an aromatic ring is 1. The molecule has 3 rings (SSSR count). The lowest BCUT2D eigenvalue weighted by Crippen LogP contribution is -2.29. The van der Waals surface area contributed by atoms with Crippen molar-refractivity contribution in [3.63, 3.8) is 0 Å². The molecule has 1 fully saturated rings. The Bertz CT molecular complexity index is 757. The first kappa shape index (κ1) is 14.8. The maximum atomic E-state index is 12.0. The molecule has 0 saturated carbocycles. The van der Waals surface area contributed by atoms with Crippen molar-refractivity contribution in [3.8, 4) is 0 Å². The minimum absolute atomic E-state index is 0.148. The molecule has 0 radical (unpaired) electrons. The Morgan fingerprint density at radius 2 is 2.05 bits per heavy atom. The highest BCUT2D eigenvalue weighted by molar-refractivity contribution is 7.21. The molecular weight excluding hydrogens is 294 g/mol. The van der Waals surface area contributed by atoms with Gasteiger partial charge in [-0.3, -0.25) is 4.79 Å². The third-order valence-corrected chi connectivity index (χ3v) is 5.13. The van der Waals surface area contributed by atoms with Gasteiger partial charge < -0.3 is 10.6 Å². The van der Waals surface area contributed by atoms with Crippen molar-refractivity contribution >= 4 is 44.8 Å². The van der Waals surface area contributed by atoms with Crippen molar-refractivity contribution in [2.24, 2.45) is 0 Å². The Balaban J connectivity index is 2.23. The van der Waals surface area contributed by atoms with Crippen LogP contribution in [0.15, 0.2) is 25.3 Å². The lowest BCUT2D eigenvalue weighted by atomic mass is 10.1. The summed E-state index contributed by atoms with van der Waals surface area (Å²) in [6, 6.07) is 2.02. The van der Waals surface area contributed by atoms with Crippen molar-refractivity contribution in [3.05, 3.63) is 35.9 Å². The monoisotopic (exact) mass is 313 g/mol. The first-order valence-corrected chi connectivity index (χ1v) is 8.24. The van der Waals surface area contributed by atoms with E-state index in [0.717, 1.165) is 34.7 Å². The van der Waals surface area contributed by atoms with Crippen LogP contribution >= 0.6 is 11.3 Å². The van der Waals surface area contributed by atoms with Gasteiger partial charge in [0.1, 0.15) is 9.71 Å². The molecule has 0 amide bonds. The molecule has 5 heteroatoms. The number of allylic oxidation sites excluding steroid dienone is 1. The largest absolute Gasteiger partial charge is 0.397 e. The van der Waals surface area contributed by atoms with Crippen LogP contribution in [-0.2, 0) is 0 Å². The first-order valence-electron chi connectivity index (χ1n) is 7.43. The number of rotatable bonds is 4. The smallest absolute Gasteiger partial charge is 0.197 e. The molecule has 1 aliphatic rings. The van der Waals surface area contributed by atoms with Crippen molar-refractivity contribution in [1.29, 1.82) is 0 Å². The van der Waals surface area contributed by atoms with Gasteiger partial charge in [-0.1, -0.05) is 13.2 Å². The normalized spacial score (nSPS) is 15.0. The van der Waals surface area contributed by atoms with Gasteiger partial charge in [0.2, 0.25) is 0 Å². The number of aromatic nitrogens is 1. The molecule has 22 heavy (non-hydrogen) atoms. The lowest BCUT2D eigenvalue weighted by Gasteiger charge is -2.29. The molecular formula is C17H19N3OS. The van der Waals surface area contributed by atoms with Crippen molar-refractivity contribution < 1.29 is 4.79 Å². The Hall–Kier alpha value is -2.14. The van der Waals surface area contributed by atoms with Crippen LogP contribution in [0.1, 0.15) is 34.6 Å². The summed E-state index contributed by atoms with van der Waals surface area (Å²) >= 11 is 1.33. The van der Waals surface area contributed by atoms with Gasteiger partial charge in [0.15, 0.2) is 5.78 Å². The number of ketones is 1. The fourth-order valence-corrected chi connectivity index (χ4v) is 3.94. The second kappa shape index (κ2) is 5.93. The van der Waals surface area contributed by atoms with E-state index in [4.69, 9.17) is 5.73 Å². The number of hydrogen-bond acceptors (Lipinski definition) is 5. The lowest BCUT2D eigenvalue weighted by molar-refractivity contribution is 0.105. The molecule has 0 aliphatic carbocycles. The van der Waals surface area contributed by atoms with E-state index in [1.807, 2.05) is 6.07 Å². The summed E-state index contributed by atoms with van der Waals surface area (Å²) in [5.41, 5.74) is 8.66. The fourth-order valence-electron chi connectivity index (χ4n) is 2.88. The Labute approximate surface area is 133 Å². The molecule has 1 saturated heterocycles. The molecule has 0 bridgehead atoms. The molecule has 0 unspecified atom stereocenters. The number of piperidine rings is 1. The predicted octanol–water partition coefficient (Wildman–Crippen LogP) is 3.88. The topological polar surface area (TPSA) is 59.2 Å². The van der Waals surface area contributed by atoms with E-state index < -0.39 is 0 Å². The highest BCUT2D eigenvalue weighted by atomic mass is 32.1. The molecule has 3 heterocycles. The third-order valence-electron chi connectivity index (χ3n) is 4.01. The summed E-state index contributed by atoms with van der Waals surface area (Å²) in [6.07, 6.45) is 6.65. The quantitative estimate of drug-likeness (QED) is 0.687. The number of thiophene rings is 1. The molecule has 0 spiro atoms. The number of carbonyl (C=O) groups is 1. The summed E-state index contributed by atoms with van der Waals surface area (Å²) in [7, 11) is 0. The first-order chi connectivity index (χ1) is 10.7. The Kier molecular flexibility index (Phi) is 3.98. The molecule has 1 aliphatic heterocycles. The van der Waals surface area contributed by atoms with Crippen LogP contribution in [0.2, 0.25) is 0 Å². The van der Waals surface area contributed by atoms with Gasteiger partial charge in [-0.25, -0.2) is 4.98 Å². The average Bonchev–Trinajstić information content (AvgIpc) is 2.91. The molecule has 4 nitrogen and oxygen atoms in total. The third kappa shape index (κ3) is 2.41. The average molecular weight is 313 g/mol. The van der Waals surface area contributed by atoms with Crippen molar-refractivity contribution in [1.82, 2.24) is 4.98 Å². The van der Waals surface area contributed by atoms with Crippen LogP contribution in [0.3, 0.4) is 0 Å². The van der Waals surface area contributed by atoms with Gasteiger partial charge in [0.05, 0.1) is 22.5 Å². The molecule has 0 aromatic carbocycles. The van der Waals surface area contributed by atoms with Gasteiger partial charge in [0.25, 0.3) is 0 Å². The summed E-state index contributed by atoms with van der Waals surface area (Å²) in [5, 5.41) is 0.891. The highest BCUT2D eigenvalue weighted by Gasteiger charge is 2.22. The summed E-state index contributed by atoms with van der Waals surface area (Å²) in [4.78, 5) is 20.2. The number of hydrogen-bond donors (Lipinski definition) is 1. The molecule has 114 valence electrons. The van der Waals surface area contributed by atoms with Crippen molar-refractivity contribution in [2.75, 3.05) is 23.7 Å². The van der Waals surface area contributed by atoms with E-state index in [2.05, 4.69) is 23.0 Å². The number of pyridine rings is 1. The number of nitrogens with two attached hydrogens (primary N) is 1. The molecule has 2 aromatic rings. The van der Waals surface area contributed by atoms with E-state index in [1.54, 1.807) is 6.08 Å². The predicted molar refractivity (Wildman–Crippen MR) is 94.7 cm³/mol. The minimum atomic E-state index is -0.148. The second-order valence-electron chi connectivity index (χ2n) is 5.41. The van der Waals surface area contributed by atoms with Gasteiger partial charge in [0, 0.05) is 13.1 Å². The van der Waals surface area contributed by atoms with Gasteiger partial charge in [-0.05, 0) is 37.5 Å². The summed E-state index contributed by atoms with van der Waals surface area (Å²) in [5.74, 6) is -0.148. The van der Waals surface area contributed by atoms with E-state index in [-0.39, 0.29) is 5.78 Å². The fraction of sp³-hybridized carbons (Fsp3) is 0.294. The Morgan fingerprint density at radius 3 is 2.68 bits per heavy atom. The van der Waals surface area contributed by atoms with Gasteiger partial charge in [-0.2, -0.15) is 0 Å². The maximum absolute atomic E-state index is 12.0. The Morgan fingerprint density at radius 1 is 1.32 bits per heavy atom. The van der Waals surface area contributed by atoms with Gasteiger partial charge in [-0.15, -0.1) is 11.3 Å². The summed E-state index contributed by atoms with van der Waals surface area (Å²) in [6.45, 7) is 9.38. The van der Waals surface area contributed by atoms with E-state index in [0.29, 0.717) is 10.6 Å². The molecule has 2 aromatic heterocycles. The van der Waals surface area contributed by atoms with Crippen LogP contribution in [0.5, 0.6) is 0 Å². The second-order valence-corrected chi connectivity index (χ2v) is 6.41. The van der Waals surface area contributed by atoms with Crippen LogP contribution in [-0.4, -0.2) is 23.9 Å². The summed E-state index contributed by atoms with van der Waals surface area (Å²) < 4.78 is 0. The number of carbonyl (C=O) groups excluding carboxylic acids is 1. The SMILES string of the molecule is C=CC(=O)c1sc2nc(C=C)cc(N3CCCCC3)c2c1N. The van der Waals surface area contributed by atoms with E-state index >= 15 is 0 Å². The van der Waals surface area contributed by atoms with Crippen molar-refractivity contribution in [2.45, 2.75) is 19.3 Å².